The predicted octanol–water partition coefficient (Wildman–Crippen LogP) is 1.20. The van der Waals surface area contributed by atoms with Crippen LogP contribution in [0.2, 0.25) is 5.02 Å². The van der Waals surface area contributed by atoms with E-state index in [1.807, 2.05) is 26.1 Å². The van der Waals surface area contributed by atoms with Crippen LogP contribution in [0.1, 0.15) is 5.82 Å². The van der Waals surface area contributed by atoms with Crippen molar-refractivity contribution in [2.24, 2.45) is 0 Å². The molecule has 3 aromatic rings. The summed E-state index contributed by atoms with van der Waals surface area (Å²) in [5, 5.41) is 13.2. The fourth-order valence-electron chi connectivity index (χ4n) is 2.59. The zero-order chi connectivity index (χ0) is 16.0. The minimum Gasteiger partial charge on any atom is -0.351 e. The third-order valence-corrected chi connectivity index (χ3v) is 4.26. The third-order valence-electron chi connectivity index (χ3n) is 4.06. The minimum absolute atomic E-state index is 0.343. The maximum Gasteiger partial charge on any atom is 0.225 e. The van der Waals surface area contributed by atoms with E-state index in [-0.39, 0.29) is 0 Å². The van der Waals surface area contributed by atoms with Gasteiger partial charge in [0, 0.05) is 20.1 Å². The standard InChI is InChI=1S/C14H15ClN8/c1-9-18-19-12-3-4-13(20-23(9)12)22-7-11(8-22)21(2)14-16-5-10(15)6-17-14/h3-6,11H,7-8H2,1-2H3. The van der Waals surface area contributed by atoms with Crippen molar-refractivity contribution in [1.29, 1.82) is 0 Å². The molecule has 1 fully saturated rings. The van der Waals surface area contributed by atoms with E-state index in [0.717, 1.165) is 30.4 Å². The normalized spacial score (nSPS) is 15.0. The Hall–Kier alpha value is -2.48. The summed E-state index contributed by atoms with van der Waals surface area (Å²) >= 11 is 5.83. The summed E-state index contributed by atoms with van der Waals surface area (Å²) in [6, 6.07) is 4.25. The number of hydrogen-bond acceptors (Lipinski definition) is 7. The summed E-state index contributed by atoms with van der Waals surface area (Å²) in [5.74, 6) is 2.38. The van der Waals surface area contributed by atoms with E-state index in [1.54, 1.807) is 16.9 Å². The SMILES string of the molecule is Cc1nnc2ccc(N3CC(N(C)c4ncc(Cl)cn4)C3)nn12. The van der Waals surface area contributed by atoms with Crippen molar-refractivity contribution in [3.05, 3.63) is 35.4 Å². The molecule has 1 aliphatic rings. The highest BCUT2D eigenvalue weighted by molar-refractivity contribution is 6.30. The molecule has 4 heterocycles. The smallest absolute Gasteiger partial charge is 0.225 e. The molecule has 0 saturated carbocycles. The molecule has 0 amide bonds. The van der Waals surface area contributed by atoms with Crippen molar-refractivity contribution in [1.82, 2.24) is 29.8 Å². The van der Waals surface area contributed by atoms with E-state index in [2.05, 4.69) is 35.1 Å². The van der Waals surface area contributed by atoms with Gasteiger partial charge in [-0.15, -0.1) is 15.3 Å². The van der Waals surface area contributed by atoms with Crippen LogP contribution >= 0.6 is 11.6 Å². The molecule has 8 nitrogen and oxygen atoms in total. The molecule has 0 atom stereocenters. The van der Waals surface area contributed by atoms with E-state index in [4.69, 9.17) is 11.6 Å². The Labute approximate surface area is 137 Å². The summed E-state index contributed by atoms with van der Waals surface area (Å²) in [7, 11) is 1.99. The van der Waals surface area contributed by atoms with Crippen molar-refractivity contribution in [2.75, 3.05) is 29.9 Å². The van der Waals surface area contributed by atoms with Crippen molar-refractivity contribution >= 4 is 29.0 Å². The van der Waals surface area contributed by atoms with Gasteiger partial charge >= 0.3 is 0 Å². The van der Waals surface area contributed by atoms with Gasteiger partial charge in [-0.1, -0.05) is 11.6 Å². The first-order valence-electron chi connectivity index (χ1n) is 7.26. The molecule has 0 bridgehead atoms. The average Bonchev–Trinajstić information content (AvgIpc) is 2.88. The molecule has 0 unspecified atom stereocenters. The number of rotatable bonds is 3. The lowest BCUT2D eigenvalue weighted by molar-refractivity contribution is 0.484. The molecule has 3 aromatic heterocycles. The quantitative estimate of drug-likeness (QED) is 0.714. The van der Waals surface area contributed by atoms with Gasteiger partial charge in [-0.3, -0.25) is 0 Å². The monoisotopic (exact) mass is 330 g/mol. The van der Waals surface area contributed by atoms with E-state index < -0.39 is 0 Å². The summed E-state index contributed by atoms with van der Waals surface area (Å²) in [5.41, 5.74) is 0.759. The molecule has 0 aromatic carbocycles. The van der Waals surface area contributed by atoms with E-state index in [0.29, 0.717) is 17.0 Å². The lowest BCUT2D eigenvalue weighted by atomic mass is 10.1. The molecule has 1 saturated heterocycles. The van der Waals surface area contributed by atoms with Crippen molar-refractivity contribution in [3.8, 4) is 0 Å². The van der Waals surface area contributed by atoms with Crippen LogP contribution in [0.5, 0.6) is 0 Å². The molecule has 23 heavy (non-hydrogen) atoms. The summed E-state index contributed by atoms with van der Waals surface area (Å²) in [6.45, 7) is 3.62. The Morgan fingerprint density at radius 1 is 1.17 bits per heavy atom. The van der Waals surface area contributed by atoms with Crippen LogP contribution in [0.3, 0.4) is 0 Å². The lowest BCUT2D eigenvalue weighted by Gasteiger charge is -2.44. The minimum atomic E-state index is 0.343. The van der Waals surface area contributed by atoms with Gasteiger partial charge in [0.2, 0.25) is 5.95 Å². The van der Waals surface area contributed by atoms with Crippen LogP contribution in [-0.4, -0.2) is 56.0 Å². The maximum absolute atomic E-state index is 5.83. The van der Waals surface area contributed by atoms with Gasteiger partial charge in [0.15, 0.2) is 11.5 Å². The number of anilines is 2. The zero-order valence-corrected chi connectivity index (χ0v) is 13.5. The summed E-state index contributed by atoms with van der Waals surface area (Å²) < 4.78 is 1.76. The molecule has 9 heteroatoms. The Balaban J connectivity index is 1.47. The summed E-state index contributed by atoms with van der Waals surface area (Å²) in [6.07, 6.45) is 3.22. The molecule has 0 aliphatic carbocycles. The first-order chi connectivity index (χ1) is 11.1. The van der Waals surface area contributed by atoms with Crippen LogP contribution in [0.4, 0.5) is 11.8 Å². The molecule has 0 radical (unpaired) electrons. The van der Waals surface area contributed by atoms with E-state index in [9.17, 15) is 0 Å². The van der Waals surface area contributed by atoms with Gasteiger partial charge in [-0.25, -0.2) is 9.97 Å². The van der Waals surface area contributed by atoms with Crippen LogP contribution < -0.4 is 9.80 Å². The zero-order valence-electron chi connectivity index (χ0n) is 12.8. The first-order valence-corrected chi connectivity index (χ1v) is 7.64. The average molecular weight is 331 g/mol. The predicted molar refractivity (Wildman–Crippen MR) is 87.0 cm³/mol. The highest BCUT2D eigenvalue weighted by atomic mass is 35.5. The number of halogens is 1. The Kier molecular flexibility index (Phi) is 3.26. The molecule has 0 N–H and O–H groups in total. The third kappa shape index (κ3) is 2.44. The number of aryl methyl sites for hydroxylation is 1. The van der Waals surface area contributed by atoms with Gasteiger partial charge in [0.05, 0.1) is 23.5 Å². The molecular formula is C14H15ClN8. The fraction of sp³-hybridized carbons (Fsp3) is 0.357. The summed E-state index contributed by atoms with van der Waals surface area (Å²) in [4.78, 5) is 12.8. The number of hydrogen-bond donors (Lipinski definition) is 0. The number of nitrogens with zero attached hydrogens (tertiary/aromatic N) is 8. The van der Waals surface area contributed by atoms with Gasteiger partial charge < -0.3 is 9.80 Å². The highest BCUT2D eigenvalue weighted by Gasteiger charge is 2.32. The van der Waals surface area contributed by atoms with Crippen LogP contribution in [0, 0.1) is 6.92 Å². The van der Waals surface area contributed by atoms with Crippen molar-refractivity contribution in [3.63, 3.8) is 0 Å². The topological polar surface area (TPSA) is 75.3 Å². The number of aromatic nitrogens is 6. The van der Waals surface area contributed by atoms with Crippen molar-refractivity contribution < 1.29 is 0 Å². The van der Waals surface area contributed by atoms with Crippen molar-refractivity contribution in [2.45, 2.75) is 13.0 Å². The fourth-order valence-corrected chi connectivity index (χ4v) is 2.69. The van der Waals surface area contributed by atoms with Gasteiger partial charge in [-0.05, 0) is 19.1 Å². The number of likely N-dealkylation sites (N-methyl/N-ethyl adjacent to an activating group) is 1. The first kappa shape index (κ1) is 14.1. The Bertz CT molecular complexity index is 840. The second kappa shape index (κ2) is 5.31. The molecule has 0 spiro atoms. The largest absolute Gasteiger partial charge is 0.351 e. The van der Waals surface area contributed by atoms with E-state index >= 15 is 0 Å². The Morgan fingerprint density at radius 3 is 2.65 bits per heavy atom. The van der Waals surface area contributed by atoms with Gasteiger partial charge in [0.25, 0.3) is 0 Å². The maximum atomic E-state index is 5.83. The second-order valence-corrected chi connectivity index (χ2v) is 6.02. The number of fused-ring (bicyclic) bond motifs is 1. The molecule has 4 rings (SSSR count). The van der Waals surface area contributed by atoms with Gasteiger partial charge in [0.1, 0.15) is 5.82 Å². The lowest BCUT2D eigenvalue weighted by Crippen LogP contribution is -2.59. The Morgan fingerprint density at radius 2 is 1.91 bits per heavy atom. The molecule has 1 aliphatic heterocycles. The second-order valence-electron chi connectivity index (χ2n) is 5.58. The van der Waals surface area contributed by atoms with Crippen LogP contribution in [-0.2, 0) is 0 Å². The highest BCUT2D eigenvalue weighted by Crippen LogP contribution is 2.23. The van der Waals surface area contributed by atoms with Crippen LogP contribution in [0.15, 0.2) is 24.5 Å². The van der Waals surface area contributed by atoms with E-state index in [1.165, 1.54) is 0 Å². The molecular weight excluding hydrogens is 316 g/mol. The van der Waals surface area contributed by atoms with Gasteiger partial charge in [-0.2, -0.15) is 4.52 Å². The van der Waals surface area contributed by atoms with Crippen LogP contribution in [0.25, 0.3) is 5.65 Å². The molecule has 118 valence electrons.